The summed E-state index contributed by atoms with van der Waals surface area (Å²) >= 11 is 5.95. The first kappa shape index (κ1) is 21.0. The van der Waals surface area contributed by atoms with Crippen LogP contribution >= 0.6 is 36.4 Å². The number of rotatable bonds is 2. The summed E-state index contributed by atoms with van der Waals surface area (Å²) in [5.74, 6) is 0.106. The fraction of sp³-hybridized carbons (Fsp3) is 0.368. The largest absolute Gasteiger partial charge is 0.331 e. The molecule has 4 rings (SSSR count). The molecule has 1 aromatic carbocycles. The fourth-order valence-electron chi connectivity index (χ4n) is 3.82. The fourth-order valence-corrected chi connectivity index (χ4v) is 3.95. The molecule has 2 bridgehead atoms. The molecule has 140 valence electrons. The molecule has 1 amide bonds. The van der Waals surface area contributed by atoms with Crippen molar-refractivity contribution >= 4 is 42.3 Å². The Morgan fingerprint density at radius 1 is 1.04 bits per heavy atom. The van der Waals surface area contributed by atoms with Crippen molar-refractivity contribution in [1.29, 1.82) is 0 Å². The van der Waals surface area contributed by atoms with Crippen molar-refractivity contribution in [3.63, 3.8) is 0 Å². The predicted octanol–water partition coefficient (Wildman–Crippen LogP) is 4.21. The minimum Gasteiger partial charge on any atom is -0.331 e. The van der Waals surface area contributed by atoms with E-state index in [1.54, 1.807) is 12.4 Å². The molecule has 2 fully saturated rings. The number of benzene rings is 1. The Kier molecular flexibility index (Phi) is 7.30. The highest BCUT2D eigenvalue weighted by molar-refractivity contribution is 6.30. The summed E-state index contributed by atoms with van der Waals surface area (Å²) in [6.07, 6.45) is 6.71. The molecule has 1 N–H and O–H groups in total. The summed E-state index contributed by atoms with van der Waals surface area (Å²) in [5.41, 5.74) is 2.63. The van der Waals surface area contributed by atoms with Gasteiger partial charge in [0.1, 0.15) is 0 Å². The Hall–Kier alpha value is -1.33. The van der Waals surface area contributed by atoms with Crippen molar-refractivity contribution < 1.29 is 4.79 Å². The van der Waals surface area contributed by atoms with E-state index in [1.807, 2.05) is 30.3 Å². The number of pyridine rings is 1. The molecule has 0 radical (unpaired) electrons. The van der Waals surface area contributed by atoms with Crippen LogP contribution in [0.25, 0.3) is 11.1 Å². The normalized spacial score (nSPS) is 21.3. The molecule has 3 heterocycles. The van der Waals surface area contributed by atoms with Crippen molar-refractivity contribution in [2.75, 3.05) is 13.1 Å². The third-order valence-electron chi connectivity index (χ3n) is 5.05. The molecular weight excluding hydrogens is 393 g/mol. The van der Waals surface area contributed by atoms with Crippen LogP contribution in [0.4, 0.5) is 0 Å². The molecule has 2 unspecified atom stereocenters. The Balaban J connectivity index is 0.00000121. The van der Waals surface area contributed by atoms with Crippen molar-refractivity contribution in [2.45, 2.75) is 31.3 Å². The number of aromatic nitrogens is 1. The SMILES string of the molecule is Cl.Cl.O=C(c1cncc(-c2ccc(Cl)cc2)c1)N1C2CCNCC1CC2. The number of hydrogen-bond acceptors (Lipinski definition) is 3. The lowest BCUT2D eigenvalue weighted by Gasteiger charge is -2.28. The molecular formula is C19H22Cl3N3O. The van der Waals surface area contributed by atoms with Crippen LogP contribution in [0.5, 0.6) is 0 Å². The lowest BCUT2D eigenvalue weighted by atomic mass is 10.1. The van der Waals surface area contributed by atoms with Gasteiger partial charge in [0.2, 0.25) is 0 Å². The van der Waals surface area contributed by atoms with Gasteiger partial charge in [0.15, 0.2) is 0 Å². The van der Waals surface area contributed by atoms with Gasteiger partial charge in [-0.2, -0.15) is 0 Å². The number of halogens is 3. The standard InChI is InChI=1S/C19H20ClN3O.2ClH/c20-16-3-1-13(2-4-16)14-9-15(11-22-10-14)19(24)23-17-5-6-18(23)12-21-8-7-17;;/h1-4,9-11,17-18,21H,5-8,12H2;2*1H. The van der Waals surface area contributed by atoms with Crippen LogP contribution < -0.4 is 5.32 Å². The Morgan fingerprint density at radius 2 is 1.77 bits per heavy atom. The number of fused-ring (bicyclic) bond motifs is 2. The topological polar surface area (TPSA) is 45.2 Å². The van der Waals surface area contributed by atoms with Crippen LogP contribution in [-0.2, 0) is 0 Å². The second-order valence-electron chi connectivity index (χ2n) is 6.56. The Labute approximate surface area is 171 Å². The number of hydrogen-bond donors (Lipinski definition) is 1. The van der Waals surface area contributed by atoms with E-state index < -0.39 is 0 Å². The van der Waals surface area contributed by atoms with Gasteiger partial charge >= 0.3 is 0 Å². The monoisotopic (exact) mass is 413 g/mol. The molecule has 4 nitrogen and oxygen atoms in total. The highest BCUT2D eigenvalue weighted by Crippen LogP contribution is 2.30. The molecule has 0 spiro atoms. The molecule has 0 aliphatic carbocycles. The maximum absolute atomic E-state index is 13.1. The number of amides is 1. The van der Waals surface area contributed by atoms with Gasteiger partial charge in [0.05, 0.1) is 5.56 Å². The van der Waals surface area contributed by atoms with Gasteiger partial charge in [-0.15, -0.1) is 24.8 Å². The third-order valence-corrected chi connectivity index (χ3v) is 5.30. The van der Waals surface area contributed by atoms with E-state index in [9.17, 15) is 4.79 Å². The van der Waals surface area contributed by atoms with Crippen LogP contribution in [0.2, 0.25) is 5.02 Å². The Morgan fingerprint density at radius 3 is 2.54 bits per heavy atom. The first-order chi connectivity index (χ1) is 11.7. The Bertz CT molecular complexity index is 740. The summed E-state index contributed by atoms with van der Waals surface area (Å²) in [6, 6.07) is 10.2. The number of carbonyl (C=O) groups excluding carboxylic acids is 1. The van der Waals surface area contributed by atoms with Crippen molar-refractivity contribution in [1.82, 2.24) is 15.2 Å². The summed E-state index contributed by atoms with van der Waals surface area (Å²) in [7, 11) is 0. The number of carbonyl (C=O) groups is 1. The molecule has 2 atom stereocenters. The van der Waals surface area contributed by atoms with Gasteiger partial charge < -0.3 is 10.2 Å². The predicted molar refractivity (Wildman–Crippen MR) is 110 cm³/mol. The van der Waals surface area contributed by atoms with Crippen LogP contribution in [0.3, 0.4) is 0 Å². The van der Waals surface area contributed by atoms with Crippen LogP contribution in [0.1, 0.15) is 29.6 Å². The molecule has 0 saturated carbocycles. The van der Waals surface area contributed by atoms with Gasteiger partial charge in [-0.05, 0) is 49.6 Å². The van der Waals surface area contributed by atoms with Crippen LogP contribution in [0, 0.1) is 0 Å². The van der Waals surface area contributed by atoms with Crippen LogP contribution in [0.15, 0.2) is 42.7 Å². The quantitative estimate of drug-likeness (QED) is 0.800. The zero-order valence-corrected chi connectivity index (χ0v) is 16.6. The van der Waals surface area contributed by atoms with Gasteiger partial charge in [-0.1, -0.05) is 23.7 Å². The molecule has 7 heteroatoms. The smallest absolute Gasteiger partial charge is 0.255 e. The zero-order chi connectivity index (χ0) is 16.5. The van der Waals surface area contributed by atoms with E-state index in [-0.39, 0.29) is 30.7 Å². The summed E-state index contributed by atoms with van der Waals surface area (Å²) < 4.78 is 0. The second kappa shape index (κ2) is 9.05. The second-order valence-corrected chi connectivity index (χ2v) is 7.00. The highest BCUT2D eigenvalue weighted by Gasteiger charge is 2.38. The highest BCUT2D eigenvalue weighted by atomic mass is 35.5. The summed E-state index contributed by atoms with van der Waals surface area (Å²) in [4.78, 5) is 19.5. The van der Waals surface area contributed by atoms with Crippen molar-refractivity contribution in [2.24, 2.45) is 0 Å². The average Bonchev–Trinajstić information content (AvgIpc) is 2.88. The minimum absolute atomic E-state index is 0. The van der Waals surface area contributed by atoms with E-state index in [0.29, 0.717) is 22.7 Å². The molecule has 1 aromatic heterocycles. The zero-order valence-electron chi connectivity index (χ0n) is 14.2. The molecule has 2 aliphatic heterocycles. The lowest BCUT2D eigenvalue weighted by molar-refractivity contribution is 0.0680. The molecule has 26 heavy (non-hydrogen) atoms. The van der Waals surface area contributed by atoms with E-state index in [2.05, 4.69) is 15.2 Å². The van der Waals surface area contributed by atoms with Gasteiger partial charge in [-0.25, -0.2) is 0 Å². The molecule has 2 aliphatic rings. The maximum Gasteiger partial charge on any atom is 0.255 e. The van der Waals surface area contributed by atoms with E-state index in [1.165, 1.54) is 0 Å². The molecule has 2 aromatic rings. The van der Waals surface area contributed by atoms with Gasteiger partial charge in [-0.3, -0.25) is 9.78 Å². The maximum atomic E-state index is 13.1. The van der Waals surface area contributed by atoms with Crippen LogP contribution in [-0.4, -0.2) is 41.0 Å². The minimum atomic E-state index is 0. The number of nitrogens with zero attached hydrogens (tertiary/aromatic N) is 2. The average molecular weight is 415 g/mol. The van der Waals surface area contributed by atoms with Crippen molar-refractivity contribution in [3.05, 3.63) is 53.3 Å². The summed E-state index contributed by atoms with van der Waals surface area (Å²) in [5, 5.41) is 4.14. The van der Waals surface area contributed by atoms with E-state index >= 15 is 0 Å². The van der Waals surface area contributed by atoms with E-state index in [0.717, 1.165) is 43.5 Å². The van der Waals surface area contributed by atoms with Crippen molar-refractivity contribution in [3.8, 4) is 11.1 Å². The third kappa shape index (κ3) is 4.15. The van der Waals surface area contributed by atoms with Gasteiger partial charge in [0.25, 0.3) is 5.91 Å². The van der Waals surface area contributed by atoms with Gasteiger partial charge in [0, 0.05) is 41.6 Å². The first-order valence-corrected chi connectivity index (χ1v) is 8.84. The first-order valence-electron chi connectivity index (χ1n) is 8.47. The lowest BCUT2D eigenvalue weighted by Crippen LogP contribution is -2.42. The number of nitrogens with one attached hydrogen (secondary N) is 1. The summed E-state index contributed by atoms with van der Waals surface area (Å²) in [6.45, 7) is 1.89. The molecule has 2 saturated heterocycles. The van der Waals surface area contributed by atoms with E-state index in [4.69, 9.17) is 11.6 Å².